The average Bonchev–Trinajstić information content (AvgIpc) is 2.92. The van der Waals surface area contributed by atoms with Gasteiger partial charge in [0, 0.05) is 31.3 Å². The standard InChI is InChI=1S/C29H32N4O9S/c1-32(2)18-12-17(31-43(41,42)14-8-6-5-7-9-14)23(34)20-15(18)10-13-11-16-22(33(3)4)25(36)21(28(30)39)27(38)29(16,40)26(37)19(13)24(20)35/h5-9,12-13,16,22,31,34,36-37,40H,10-11H2,1-4H3,(H2,30,39)/t13-,16-,22?,29-/m0/s1. The van der Waals surface area contributed by atoms with Gasteiger partial charge >= 0.3 is 0 Å². The number of nitrogens with two attached hydrogens (primary N) is 1. The number of Topliss-reactive ketones (excluding diaryl/α,β-unsaturated/α-hetero) is 2. The lowest BCUT2D eigenvalue weighted by Gasteiger charge is -2.50. The minimum absolute atomic E-state index is 0.0569. The third-order valence-corrected chi connectivity index (χ3v) is 9.86. The molecule has 4 atom stereocenters. The summed E-state index contributed by atoms with van der Waals surface area (Å²) in [5.41, 5.74) is 1.52. The zero-order valence-electron chi connectivity index (χ0n) is 23.8. The highest BCUT2D eigenvalue weighted by Gasteiger charge is 2.63. The largest absolute Gasteiger partial charge is 0.510 e. The third-order valence-electron chi connectivity index (χ3n) is 8.48. The summed E-state index contributed by atoms with van der Waals surface area (Å²) in [7, 11) is 2.26. The number of aliphatic hydroxyl groups excluding tert-OH is 2. The molecule has 3 aliphatic carbocycles. The molecule has 0 spiro atoms. The van der Waals surface area contributed by atoms with Crippen LogP contribution in [-0.4, -0.2) is 91.1 Å². The predicted octanol–water partition coefficient (Wildman–Crippen LogP) is 0.987. The van der Waals surface area contributed by atoms with E-state index in [1.807, 2.05) is 0 Å². The van der Waals surface area contributed by atoms with E-state index in [0.717, 1.165) is 0 Å². The van der Waals surface area contributed by atoms with Crippen LogP contribution in [0.25, 0.3) is 0 Å². The molecule has 0 aromatic heterocycles. The molecule has 228 valence electrons. The van der Waals surface area contributed by atoms with E-state index in [-0.39, 0.29) is 34.6 Å². The average molecular weight is 613 g/mol. The first-order chi connectivity index (χ1) is 20.0. The van der Waals surface area contributed by atoms with Crippen LogP contribution in [-0.2, 0) is 26.0 Å². The predicted molar refractivity (Wildman–Crippen MR) is 155 cm³/mol. The fourth-order valence-corrected chi connectivity index (χ4v) is 7.66. The lowest BCUT2D eigenvalue weighted by molar-refractivity contribution is -0.148. The molecule has 14 heteroatoms. The molecule has 0 saturated carbocycles. The fourth-order valence-electron chi connectivity index (χ4n) is 6.58. The number of rotatable bonds is 6. The van der Waals surface area contributed by atoms with Crippen LogP contribution in [0, 0.1) is 11.8 Å². The molecule has 13 nitrogen and oxygen atoms in total. The normalized spacial score (nSPS) is 25.3. The quantitative estimate of drug-likeness (QED) is 0.200. The van der Waals surface area contributed by atoms with E-state index in [4.69, 9.17) is 5.73 Å². The molecule has 0 bridgehead atoms. The number of likely N-dealkylation sites (N-methyl/N-ethyl adjacent to an activating group) is 1. The summed E-state index contributed by atoms with van der Waals surface area (Å²) in [4.78, 5) is 42.8. The number of primary amides is 1. The Bertz CT molecular complexity index is 1750. The number of carbonyl (C=O) groups is 3. The Hall–Kier alpha value is -4.40. The van der Waals surface area contributed by atoms with Gasteiger partial charge in [-0.3, -0.25) is 24.0 Å². The summed E-state index contributed by atoms with van der Waals surface area (Å²) >= 11 is 0. The number of benzene rings is 2. The Labute approximate surface area is 247 Å². The summed E-state index contributed by atoms with van der Waals surface area (Å²) in [5, 5.41) is 45.5. The molecule has 5 rings (SSSR count). The van der Waals surface area contributed by atoms with Crippen molar-refractivity contribution in [3.63, 3.8) is 0 Å². The van der Waals surface area contributed by atoms with Crippen molar-refractivity contribution in [1.29, 1.82) is 0 Å². The number of aromatic hydroxyl groups is 1. The molecule has 0 saturated heterocycles. The molecule has 43 heavy (non-hydrogen) atoms. The maximum absolute atomic E-state index is 14.1. The Kier molecular flexibility index (Phi) is 7.07. The van der Waals surface area contributed by atoms with Crippen LogP contribution in [0.1, 0.15) is 22.3 Å². The number of anilines is 2. The summed E-state index contributed by atoms with van der Waals surface area (Å²) in [6.45, 7) is 0. The monoisotopic (exact) mass is 612 g/mol. The molecular weight excluding hydrogens is 580 g/mol. The summed E-state index contributed by atoms with van der Waals surface area (Å²) in [5.74, 6) is -7.87. The van der Waals surface area contributed by atoms with Crippen molar-refractivity contribution in [2.45, 2.75) is 29.4 Å². The second-order valence-corrected chi connectivity index (χ2v) is 13.1. The molecule has 0 heterocycles. The van der Waals surface area contributed by atoms with Crippen LogP contribution < -0.4 is 15.4 Å². The SMILES string of the molecule is CN(C)c1cc(NS(=O)(=O)c2ccccc2)c(O)c2c1C[C@H]1C[C@H]3C(N(C)C)C(O)=C(C(N)=O)C(=O)[C@@]3(O)C(O)=C1C2=O. The maximum atomic E-state index is 14.1. The molecule has 0 fully saturated rings. The number of nitrogens with one attached hydrogen (secondary N) is 1. The number of phenolic OH excluding ortho intramolecular Hbond substituents is 1. The van der Waals surface area contributed by atoms with E-state index in [2.05, 4.69) is 4.72 Å². The number of ketones is 2. The van der Waals surface area contributed by atoms with Crippen LogP contribution in [0.5, 0.6) is 5.75 Å². The number of carbonyl (C=O) groups excluding carboxylic acids is 3. The van der Waals surface area contributed by atoms with Crippen molar-refractivity contribution in [3.8, 4) is 5.75 Å². The van der Waals surface area contributed by atoms with E-state index < -0.39 is 73.8 Å². The molecule has 0 radical (unpaired) electrons. The van der Waals surface area contributed by atoms with Crippen LogP contribution >= 0.6 is 0 Å². The van der Waals surface area contributed by atoms with Crippen LogP contribution in [0.2, 0.25) is 0 Å². The molecule has 3 aliphatic rings. The smallest absolute Gasteiger partial charge is 0.262 e. The van der Waals surface area contributed by atoms with Crippen molar-refractivity contribution in [2.75, 3.05) is 37.8 Å². The van der Waals surface area contributed by atoms with Crippen molar-refractivity contribution in [1.82, 2.24) is 4.90 Å². The molecule has 2 aromatic carbocycles. The van der Waals surface area contributed by atoms with Gasteiger partial charge in [0.2, 0.25) is 5.78 Å². The molecular formula is C29H32N4O9S. The number of amides is 1. The minimum atomic E-state index is -4.19. The topological polar surface area (TPSA) is 211 Å². The van der Waals surface area contributed by atoms with E-state index in [0.29, 0.717) is 11.3 Å². The van der Waals surface area contributed by atoms with Crippen molar-refractivity contribution < 1.29 is 43.2 Å². The van der Waals surface area contributed by atoms with Gasteiger partial charge < -0.3 is 31.1 Å². The summed E-state index contributed by atoms with van der Waals surface area (Å²) < 4.78 is 28.5. The first-order valence-electron chi connectivity index (χ1n) is 13.3. The van der Waals surface area contributed by atoms with Gasteiger partial charge in [0.1, 0.15) is 17.1 Å². The Morgan fingerprint density at radius 1 is 1.07 bits per heavy atom. The second-order valence-electron chi connectivity index (χ2n) is 11.4. The van der Waals surface area contributed by atoms with E-state index in [1.54, 1.807) is 39.2 Å². The highest BCUT2D eigenvalue weighted by molar-refractivity contribution is 7.92. The summed E-state index contributed by atoms with van der Waals surface area (Å²) in [6.07, 6.45) is -0.0108. The number of hydrogen-bond donors (Lipinski definition) is 6. The number of sulfonamides is 1. The van der Waals surface area contributed by atoms with Crippen LogP contribution in [0.3, 0.4) is 0 Å². The fraction of sp³-hybridized carbons (Fsp3) is 0.345. The maximum Gasteiger partial charge on any atom is 0.262 e. The zero-order chi connectivity index (χ0) is 31.8. The molecule has 7 N–H and O–H groups in total. The molecule has 2 aromatic rings. The van der Waals surface area contributed by atoms with Crippen molar-refractivity contribution >= 4 is 38.9 Å². The third kappa shape index (κ3) is 4.36. The Morgan fingerprint density at radius 3 is 2.26 bits per heavy atom. The number of fused-ring (bicyclic) bond motifs is 3. The van der Waals surface area contributed by atoms with Crippen LogP contribution in [0.15, 0.2) is 64.0 Å². The Balaban J connectivity index is 1.70. The van der Waals surface area contributed by atoms with Crippen molar-refractivity contribution in [3.05, 3.63) is 70.2 Å². The Morgan fingerprint density at radius 2 is 1.70 bits per heavy atom. The van der Waals surface area contributed by atoms with Gasteiger partial charge in [-0.15, -0.1) is 0 Å². The highest BCUT2D eigenvalue weighted by atomic mass is 32.2. The number of phenols is 1. The first kappa shape index (κ1) is 30.1. The van der Waals surface area contributed by atoms with Gasteiger partial charge in [-0.2, -0.15) is 0 Å². The highest BCUT2D eigenvalue weighted by Crippen LogP contribution is 2.54. The van der Waals surface area contributed by atoms with E-state index >= 15 is 0 Å². The van der Waals surface area contributed by atoms with Crippen LogP contribution in [0.4, 0.5) is 11.4 Å². The minimum Gasteiger partial charge on any atom is -0.510 e. The number of allylic oxidation sites excluding steroid dienone is 1. The van der Waals surface area contributed by atoms with Gasteiger partial charge in [0.05, 0.1) is 22.2 Å². The van der Waals surface area contributed by atoms with Gasteiger partial charge in [-0.1, -0.05) is 18.2 Å². The molecule has 0 aliphatic heterocycles. The lowest BCUT2D eigenvalue weighted by atomic mass is 9.58. The number of nitrogens with zero attached hydrogens (tertiary/aromatic N) is 2. The molecule has 1 amide bonds. The van der Waals surface area contributed by atoms with Gasteiger partial charge in [0.15, 0.2) is 17.1 Å². The van der Waals surface area contributed by atoms with Crippen molar-refractivity contribution in [2.24, 2.45) is 17.6 Å². The number of aliphatic hydroxyl groups is 3. The molecule has 1 unspecified atom stereocenters. The van der Waals surface area contributed by atoms with Gasteiger partial charge in [-0.05, 0) is 56.6 Å². The van der Waals surface area contributed by atoms with E-state index in [9.17, 15) is 43.2 Å². The first-order valence-corrected chi connectivity index (χ1v) is 14.8. The summed E-state index contributed by atoms with van der Waals surface area (Å²) in [6, 6.07) is 7.70. The van der Waals surface area contributed by atoms with Gasteiger partial charge in [0.25, 0.3) is 15.9 Å². The lowest BCUT2D eigenvalue weighted by Crippen LogP contribution is -2.63. The zero-order valence-corrected chi connectivity index (χ0v) is 24.6. The van der Waals surface area contributed by atoms with Gasteiger partial charge in [-0.25, -0.2) is 8.42 Å². The number of hydrogen-bond acceptors (Lipinski definition) is 11. The van der Waals surface area contributed by atoms with E-state index in [1.165, 1.54) is 35.2 Å². The second kappa shape index (κ2) is 10.1.